The lowest BCUT2D eigenvalue weighted by molar-refractivity contribution is -0.132. The van der Waals surface area contributed by atoms with Crippen LogP contribution in [0.1, 0.15) is 61.1 Å². The molecule has 1 saturated carbocycles. The molecule has 0 saturated heterocycles. The maximum atomic E-state index is 11.1. The van der Waals surface area contributed by atoms with Crippen LogP contribution in [0.15, 0.2) is 48.0 Å². The van der Waals surface area contributed by atoms with Crippen LogP contribution in [0.3, 0.4) is 0 Å². The molecule has 1 N–H and O–H groups in total. The molecule has 0 amide bonds. The number of benzene rings is 2. The van der Waals surface area contributed by atoms with Gasteiger partial charge in [-0.25, -0.2) is 4.79 Å². The first-order valence-corrected chi connectivity index (χ1v) is 10.5. The topological polar surface area (TPSA) is 64.3 Å². The third kappa shape index (κ3) is 4.19. The van der Waals surface area contributed by atoms with Gasteiger partial charge >= 0.3 is 5.97 Å². The van der Waals surface area contributed by atoms with Gasteiger partial charge in [0, 0.05) is 17.9 Å². The van der Waals surface area contributed by atoms with Gasteiger partial charge in [-0.1, -0.05) is 37.5 Å². The Morgan fingerprint density at radius 2 is 1.83 bits per heavy atom. The van der Waals surface area contributed by atoms with Crippen LogP contribution < -0.4 is 4.90 Å². The fourth-order valence-corrected chi connectivity index (χ4v) is 4.65. The molecule has 1 aliphatic carbocycles. The number of carbonyl (C=O) groups is 1. The second kappa shape index (κ2) is 8.53. The smallest absolute Gasteiger partial charge is 0.346 e. The molecule has 0 unspecified atom stereocenters. The van der Waals surface area contributed by atoms with Crippen LogP contribution in [0.2, 0.25) is 0 Å². The van der Waals surface area contributed by atoms with Crippen molar-refractivity contribution in [2.75, 3.05) is 11.4 Å². The third-order valence-corrected chi connectivity index (χ3v) is 6.17. The Hall–Kier alpha value is -3.06. The van der Waals surface area contributed by atoms with Crippen molar-refractivity contribution in [1.29, 1.82) is 5.26 Å². The van der Waals surface area contributed by atoms with Gasteiger partial charge in [-0.05, 0) is 78.6 Å². The molecular weight excluding hydrogens is 360 g/mol. The fourth-order valence-electron chi connectivity index (χ4n) is 4.65. The van der Waals surface area contributed by atoms with Crippen LogP contribution in [0, 0.1) is 11.3 Å². The van der Waals surface area contributed by atoms with Gasteiger partial charge in [0.25, 0.3) is 0 Å². The molecule has 0 radical (unpaired) electrons. The summed E-state index contributed by atoms with van der Waals surface area (Å²) in [5.74, 6) is -0.478. The molecule has 1 heterocycles. The molecule has 4 heteroatoms. The van der Waals surface area contributed by atoms with E-state index in [-0.39, 0.29) is 5.57 Å². The zero-order valence-electron chi connectivity index (χ0n) is 16.6. The number of hydrogen-bond donors (Lipinski definition) is 1. The molecule has 1 fully saturated rings. The monoisotopic (exact) mass is 386 g/mol. The number of aliphatic carboxylic acids is 1. The average Bonchev–Trinajstić information content (AvgIpc) is 2.77. The highest BCUT2D eigenvalue weighted by molar-refractivity contribution is 5.96. The molecule has 4 rings (SSSR count). The van der Waals surface area contributed by atoms with Gasteiger partial charge in [-0.3, -0.25) is 0 Å². The van der Waals surface area contributed by atoms with Gasteiger partial charge in [-0.2, -0.15) is 5.26 Å². The molecule has 0 atom stereocenters. The molecule has 0 aromatic heterocycles. The number of nitriles is 1. The van der Waals surface area contributed by atoms with Crippen LogP contribution >= 0.6 is 0 Å². The van der Waals surface area contributed by atoms with Crippen molar-refractivity contribution in [2.24, 2.45) is 0 Å². The van der Waals surface area contributed by atoms with Crippen molar-refractivity contribution in [3.63, 3.8) is 0 Å². The Labute approximate surface area is 172 Å². The van der Waals surface area contributed by atoms with E-state index in [0.29, 0.717) is 5.92 Å². The largest absolute Gasteiger partial charge is 0.477 e. The predicted octanol–water partition coefficient (Wildman–Crippen LogP) is 5.81. The molecular formula is C25H26N2O2. The first kappa shape index (κ1) is 19.3. The molecule has 1 aliphatic heterocycles. The minimum Gasteiger partial charge on any atom is -0.477 e. The highest BCUT2D eigenvalue weighted by atomic mass is 16.4. The molecule has 148 valence electrons. The summed E-state index contributed by atoms with van der Waals surface area (Å²) in [6.07, 6.45) is 10.1. The molecule has 0 spiro atoms. The van der Waals surface area contributed by atoms with Crippen LogP contribution in [0.25, 0.3) is 6.08 Å². The van der Waals surface area contributed by atoms with Gasteiger partial charge in [0.1, 0.15) is 11.6 Å². The number of aryl methyl sites for hydroxylation is 1. The lowest BCUT2D eigenvalue weighted by Crippen LogP contribution is -2.24. The summed E-state index contributed by atoms with van der Waals surface area (Å²) in [7, 11) is 0. The Morgan fingerprint density at radius 1 is 1.07 bits per heavy atom. The first-order chi connectivity index (χ1) is 14.2. The minimum absolute atomic E-state index is 0.240. The molecule has 29 heavy (non-hydrogen) atoms. The van der Waals surface area contributed by atoms with Gasteiger partial charge in [0.05, 0.1) is 0 Å². The van der Waals surface area contributed by atoms with E-state index in [1.165, 1.54) is 60.7 Å². The SMILES string of the molecule is N#CC(=Cc1ccc2c(c1)CCCN2c1ccc(C2CCCCC2)cc1)C(=O)O. The van der Waals surface area contributed by atoms with Gasteiger partial charge in [0.2, 0.25) is 0 Å². The second-order valence-electron chi connectivity index (χ2n) is 8.04. The molecule has 2 aromatic rings. The van der Waals surface area contributed by atoms with Crippen LogP contribution in [0.4, 0.5) is 11.4 Å². The van der Waals surface area contributed by atoms with Gasteiger partial charge < -0.3 is 10.0 Å². The van der Waals surface area contributed by atoms with Crippen LogP contribution in [0.5, 0.6) is 0 Å². The Bertz CT molecular complexity index is 963. The second-order valence-corrected chi connectivity index (χ2v) is 8.04. The summed E-state index contributed by atoms with van der Waals surface area (Å²) in [6, 6.07) is 16.8. The normalized spacial score (nSPS) is 17.5. The molecule has 0 bridgehead atoms. The van der Waals surface area contributed by atoms with E-state index in [4.69, 9.17) is 10.4 Å². The predicted molar refractivity (Wildman–Crippen MR) is 115 cm³/mol. The lowest BCUT2D eigenvalue weighted by Gasteiger charge is -2.32. The molecule has 2 aromatic carbocycles. The van der Waals surface area contributed by atoms with Crippen LogP contribution in [-0.2, 0) is 11.2 Å². The number of fused-ring (bicyclic) bond motifs is 1. The third-order valence-electron chi connectivity index (χ3n) is 6.17. The van der Waals surface area contributed by atoms with Crippen molar-refractivity contribution in [2.45, 2.75) is 50.9 Å². The Balaban J connectivity index is 1.58. The van der Waals surface area contributed by atoms with E-state index >= 15 is 0 Å². The van der Waals surface area contributed by atoms with Crippen molar-refractivity contribution < 1.29 is 9.90 Å². The quantitative estimate of drug-likeness (QED) is 0.532. The van der Waals surface area contributed by atoms with Crippen molar-refractivity contribution in [3.05, 3.63) is 64.7 Å². The molecule has 2 aliphatic rings. The van der Waals surface area contributed by atoms with Crippen molar-refractivity contribution >= 4 is 23.4 Å². The van der Waals surface area contributed by atoms with E-state index in [9.17, 15) is 4.79 Å². The highest BCUT2D eigenvalue weighted by Gasteiger charge is 2.20. The first-order valence-electron chi connectivity index (χ1n) is 10.5. The Kier molecular flexibility index (Phi) is 5.67. The lowest BCUT2D eigenvalue weighted by atomic mass is 9.84. The fraction of sp³-hybridized carbons (Fsp3) is 0.360. The van der Waals surface area contributed by atoms with E-state index in [1.54, 1.807) is 6.07 Å². The standard InChI is InChI=1S/C25H26N2O2/c26-17-22(25(28)29)16-18-8-13-24-21(15-18)7-4-14-27(24)23-11-9-20(10-12-23)19-5-2-1-3-6-19/h8-13,15-16,19H,1-7,14H2,(H,28,29). The van der Waals surface area contributed by atoms with E-state index < -0.39 is 5.97 Å². The minimum atomic E-state index is -1.19. The zero-order chi connectivity index (χ0) is 20.2. The van der Waals surface area contributed by atoms with Crippen LogP contribution in [-0.4, -0.2) is 17.6 Å². The number of rotatable bonds is 4. The van der Waals surface area contributed by atoms with Crippen molar-refractivity contribution in [1.82, 2.24) is 0 Å². The highest BCUT2D eigenvalue weighted by Crippen LogP contribution is 2.37. The maximum Gasteiger partial charge on any atom is 0.346 e. The number of anilines is 2. The summed E-state index contributed by atoms with van der Waals surface area (Å²) in [6.45, 7) is 0.976. The summed E-state index contributed by atoms with van der Waals surface area (Å²) >= 11 is 0. The number of carboxylic acids is 1. The van der Waals surface area contributed by atoms with Crippen molar-refractivity contribution in [3.8, 4) is 6.07 Å². The Morgan fingerprint density at radius 3 is 2.52 bits per heavy atom. The zero-order valence-corrected chi connectivity index (χ0v) is 16.6. The summed E-state index contributed by atoms with van der Waals surface area (Å²) in [4.78, 5) is 13.5. The van der Waals surface area contributed by atoms with E-state index in [2.05, 4.69) is 29.2 Å². The van der Waals surface area contributed by atoms with E-state index in [0.717, 1.165) is 24.9 Å². The summed E-state index contributed by atoms with van der Waals surface area (Å²) < 4.78 is 0. The van der Waals surface area contributed by atoms with Gasteiger partial charge in [-0.15, -0.1) is 0 Å². The average molecular weight is 386 g/mol. The summed E-state index contributed by atoms with van der Waals surface area (Å²) in [5.41, 5.74) is 5.56. The van der Waals surface area contributed by atoms with Gasteiger partial charge in [0.15, 0.2) is 0 Å². The number of carboxylic acid groups (broad SMARTS) is 1. The molecule has 4 nitrogen and oxygen atoms in total. The number of nitrogens with zero attached hydrogens (tertiary/aromatic N) is 2. The summed E-state index contributed by atoms with van der Waals surface area (Å²) in [5, 5.41) is 18.1. The van der Waals surface area contributed by atoms with E-state index in [1.807, 2.05) is 18.2 Å². The number of hydrogen-bond acceptors (Lipinski definition) is 3. The maximum absolute atomic E-state index is 11.1.